The van der Waals surface area contributed by atoms with Crippen LogP contribution in [0.5, 0.6) is 0 Å². The summed E-state index contributed by atoms with van der Waals surface area (Å²) in [4.78, 5) is 12.1. The van der Waals surface area contributed by atoms with Gasteiger partial charge < -0.3 is 5.32 Å². The molecular weight excluding hydrogens is 409 g/mol. The molecule has 0 atom stereocenters. The highest BCUT2D eigenvalue weighted by atomic mass is 79.9. The van der Waals surface area contributed by atoms with Crippen LogP contribution >= 0.6 is 27.7 Å². The summed E-state index contributed by atoms with van der Waals surface area (Å²) >= 11 is 4.35. The van der Waals surface area contributed by atoms with Crippen molar-refractivity contribution >= 4 is 39.3 Å². The number of anilines is 1. The molecule has 1 N–H and O–H groups in total. The van der Waals surface area contributed by atoms with Crippen LogP contribution in [0.3, 0.4) is 0 Å². The number of benzene rings is 2. The molecule has 0 unspecified atom stereocenters. The summed E-state index contributed by atoms with van der Waals surface area (Å²) in [5.41, 5.74) is 2.02. The van der Waals surface area contributed by atoms with Gasteiger partial charge >= 0.3 is 0 Å². The average molecular weight is 422 g/mol. The number of hydrogen-bond donors (Lipinski definition) is 1. The van der Waals surface area contributed by atoms with Crippen molar-refractivity contribution in [1.82, 2.24) is 20.2 Å². The van der Waals surface area contributed by atoms with Crippen LogP contribution in [0.15, 0.2) is 52.1 Å². The van der Waals surface area contributed by atoms with Gasteiger partial charge in [0.15, 0.2) is 0 Å². The van der Waals surface area contributed by atoms with Gasteiger partial charge in [0.25, 0.3) is 0 Å². The fourth-order valence-corrected chi connectivity index (χ4v) is 3.12. The second kappa shape index (κ2) is 7.75. The van der Waals surface area contributed by atoms with E-state index in [1.54, 1.807) is 10.7 Å². The predicted molar refractivity (Wildman–Crippen MR) is 97.3 cm³/mol. The number of halogens is 2. The molecule has 25 heavy (non-hydrogen) atoms. The van der Waals surface area contributed by atoms with Crippen molar-refractivity contribution in [2.75, 3.05) is 11.1 Å². The van der Waals surface area contributed by atoms with Crippen molar-refractivity contribution in [3.05, 3.63) is 58.3 Å². The van der Waals surface area contributed by atoms with Crippen molar-refractivity contribution in [3.63, 3.8) is 0 Å². The molecule has 0 saturated heterocycles. The maximum atomic E-state index is 13.8. The second-order valence-corrected chi connectivity index (χ2v) is 7.03. The van der Waals surface area contributed by atoms with Crippen LogP contribution in [-0.2, 0) is 4.79 Å². The highest BCUT2D eigenvalue weighted by Crippen LogP contribution is 2.21. The Kier molecular flexibility index (Phi) is 5.44. The maximum absolute atomic E-state index is 13.8. The Balaban J connectivity index is 1.66. The second-order valence-electron chi connectivity index (χ2n) is 5.17. The zero-order valence-corrected chi connectivity index (χ0v) is 15.5. The SMILES string of the molecule is Cc1cccc(-n2nnnc2SCC(=O)Nc2ccc(Br)cc2F)c1. The highest BCUT2D eigenvalue weighted by Gasteiger charge is 2.13. The van der Waals surface area contributed by atoms with E-state index in [1.807, 2.05) is 31.2 Å². The molecule has 6 nitrogen and oxygen atoms in total. The summed E-state index contributed by atoms with van der Waals surface area (Å²) in [6.07, 6.45) is 0. The number of thioether (sulfide) groups is 1. The van der Waals surface area contributed by atoms with E-state index in [0.29, 0.717) is 9.63 Å². The summed E-state index contributed by atoms with van der Waals surface area (Å²) in [7, 11) is 0. The summed E-state index contributed by atoms with van der Waals surface area (Å²) in [6, 6.07) is 12.1. The number of carbonyl (C=O) groups is 1. The van der Waals surface area contributed by atoms with Gasteiger partial charge in [0, 0.05) is 4.47 Å². The number of nitrogens with zero attached hydrogens (tertiary/aromatic N) is 4. The first kappa shape index (κ1) is 17.6. The first-order valence-corrected chi connectivity index (χ1v) is 9.04. The van der Waals surface area contributed by atoms with Gasteiger partial charge in [-0.05, 0) is 53.2 Å². The molecular formula is C16H13BrFN5OS. The molecule has 9 heteroatoms. The van der Waals surface area contributed by atoms with Crippen LogP contribution in [0.1, 0.15) is 5.56 Å². The lowest BCUT2D eigenvalue weighted by molar-refractivity contribution is -0.113. The molecule has 1 aromatic heterocycles. The van der Waals surface area contributed by atoms with Crippen molar-refractivity contribution in [2.24, 2.45) is 0 Å². The van der Waals surface area contributed by atoms with E-state index < -0.39 is 5.82 Å². The van der Waals surface area contributed by atoms with E-state index >= 15 is 0 Å². The van der Waals surface area contributed by atoms with Crippen LogP contribution in [0.4, 0.5) is 10.1 Å². The third-order valence-electron chi connectivity index (χ3n) is 3.22. The van der Waals surface area contributed by atoms with Gasteiger partial charge in [-0.15, -0.1) is 5.10 Å². The van der Waals surface area contributed by atoms with E-state index in [0.717, 1.165) is 11.3 Å². The first-order chi connectivity index (χ1) is 12.0. The molecule has 0 spiro atoms. The molecule has 0 radical (unpaired) electrons. The lowest BCUT2D eigenvalue weighted by Crippen LogP contribution is -2.15. The minimum atomic E-state index is -0.502. The largest absolute Gasteiger partial charge is 0.323 e. The summed E-state index contributed by atoms with van der Waals surface area (Å²) in [6.45, 7) is 1.97. The number of nitrogens with one attached hydrogen (secondary N) is 1. The molecule has 0 bridgehead atoms. The number of carbonyl (C=O) groups excluding carboxylic acids is 1. The van der Waals surface area contributed by atoms with E-state index in [-0.39, 0.29) is 17.3 Å². The van der Waals surface area contributed by atoms with Crippen LogP contribution < -0.4 is 5.32 Å². The molecule has 3 aromatic rings. The average Bonchev–Trinajstić information content (AvgIpc) is 3.04. The Morgan fingerprint density at radius 2 is 2.16 bits per heavy atom. The molecule has 1 heterocycles. The van der Waals surface area contributed by atoms with Crippen LogP contribution in [-0.4, -0.2) is 31.9 Å². The predicted octanol–water partition coefficient (Wildman–Crippen LogP) is 3.60. The number of aryl methyl sites for hydroxylation is 1. The van der Waals surface area contributed by atoms with Crippen molar-refractivity contribution < 1.29 is 9.18 Å². The Morgan fingerprint density at radius 3 is 2.92 bits per heavy atom. The third-order valence-corrected chi connectivity index (χ3v) is 4.64. The topological polar surface area (TPSA) is 72.7 Å². The van der Waals surface area contributed by atoms with Gasteiger partial charge in [0.05, 0.1) is 17.1 Å². The molecule has 0 aliphatic heterocycles. The monoisotopic (exact) mass is 421 g/mol. The summed E-state index contributed by atoms with van der Waals surface area (Å²) in [5, 5.41) is 14.6. The smallest absolute Gasteiger partial charge is 0.234 e. The third kappa shape index (κ3) is 4.43. The van der Waals surface area contributed by atoms with Gasteiger partial charge in [0.2, 0.25) is 11.1 Å². The molecule has 1 amide bonds. The first-order valence-electron chi connectivity index (χ1n) is 7.26. The van der Waals surface area contributed by atoms with Gasteiger partial charge in [-0.25, -0.2) is 4.39 Å². The van der Waals surface area contributed by atoms with Crippen molar-refractivity contribution in [1.29, 1.82) is 0 Å². The zero-order chi connectivity index (χ0) is 17.8. The number of rotatable bonds is 5. The van der Waals surface area contributed by atoms with Crippen LogP contribution in [0.2, 0.25) is 0 Å². The van der Waals surface area contributed by atoms with Crippen LogP contribution in [0, 0.1) is 12.7 Å². The standard InChI is InChI=1S/C16H13BrFN5OS/c1-10-3-2-4-12(7-10)23-16(20-21-22-23)25-9-15(24)19-14-6-5-11(17)8-13(14)18/h2-8H,9H2,1H3,(H,19,24). The quantitative estimate of drug-likeness (QED) is 0.637. The van der Waals surface area contributed by atoms with E-state index in [1.165, 1.54) is 23.9 Å². The number of aromatic nitrogens is 4. The van der Waals surface area contributed by atoms with E-state index in [9.17, 15) is 9.18 Å². The molecule has 3 rings (SSSR count). The number of tetrazole rings is 1. The Bertz CT molecular complexity index is 917. The number of amides is 1. The van der Waals surface area contributed by atoms with Gasteiger partial charge in [-0.2, -0.15) is 4.68 Å². The molecule has 128 valence electrons. The lowest BCUT2D eigenvalue weighted by Gasteiger charge is -2.07. The van der Waals surface area contributed by atoms with Crippen molar-refractivity contribution in [2.45, 2.75) is 12.1 Å². The fourth-order valence-electron chi connectivity index (χ4n) is 2.10. The Hall–Kier alpha value is -2.26. The molecule has 0 aliphatic carbocycles. The van der Waals surface area contributed by atoms with Gasteiger partial charge in [0.1, 0.15) is 5.82 Å². The fraction of sp³-hybridized carbons (Fsp3) is 0.125. The lowest BCUT2D eigenvalue weighted by atomic mass is 10.2. The molecule has 2 aromatic carbocycles. The van der Waals surface area contributed by atoms with Gasteiger partial charge in [-0.1, -0.05) is 39.8 Å². The zero-order valence-electron chi connectivity index (χ0n) is 13.1. The summed E-state index contributed by atoms with van der Waals surface area (Å²) in [5.74, 6) is -0.788. The van der Waals surface area contributed by atoms with E-state index in [4.69, 9.17) is 0 Å². The van der Waals surface area contributed by atoms with Crippen LogP contribution in [0.25, 0.3) is 5.69 Å². The molecule has 0 aliphatic rings. The molecule has 0 saturated carbocycles. The minimum absolute atomic E-state index is 0.0572. The maximum Gasteiger partial charge on any atom is 0.234 e. The molecule has 0 fully saturated rings. The van der Waals surface area contributed by atoms with Crippen molar-refractivity contribution in [3.8, 4) is 5.69 Å². The highest BCUT2D eigenvalue weighted by molar-refractivity contribution is 9.10. The Labute approximate surface area is 155 Å². The minimum Gasteiger partial charge on any atom is -0.323 e. The summed E-state index contributed by atoms with van der Waals surface area (Å²) < 4.78 is 15.9. The normalized spacial score (nSPS) is 10.7. The van der Waals surface area contributed by atoms with Gasteiger partial charge in [-0.3, -0.25) is 4.79 Å². The number of hydrogen-bond acceptors (Lipinski definition) is 5. The Morgan fingerprint density at radius 1 is 1.32 bits per heavy atom. The van der Waals surface area contributed by atoms with E-state index in [2.05, 4.69) is 36.8 Å².